The molecule has 0 spiro atoms. The van der Waals surface area contributed by atoms with E-state index in [-0.39, 0.29) is 0 Å². The molecule has 0 unspecified atom stereocenters. The van der Waals surface area contributed by atoms with Gasteiger partial charge < -0.3 is 14.7 Å². The fourth-order valence-electron chi connectivity index (χ4n) is 3.54. The maximum Gasteiger partial charge on any atom is 0.153 e. The van der Waals surface area contributed by atoms with Crippen LogP contribution in [0.2, 0.25) is 0 Å². The molecule has 3 N–H and O–H groups in total. The summed E-state index contributed by atoms with van der Waals surface area (Å²) in [6.07, 6.45) is 1.86. The first-order valence-corrected chi connectivity index (χ1v) is 9.06. The van der Waals surface area contributed by atoms with E-state index in [2.05, 4.69) is 63.8 Å². The summed E-state index contributed by atoms with van der Waals surface area (Å²) in [7, 11) is 0. The number of aromatic amines is 2. The lowest BCUT2D eigenvalue weighted by molar-refractivity contribution is 0.625. The quantitative estimate of drug-likeness (QED) is 0.419. The van der Waals surface area contributed by atoms with Crippen LogP contribution in [0.4, 0.5) is 0 Å². The SMILES string of the molecule is Cc1cc2cc(CNCc3cn[nH]c3-c3cc4ccccc4o3)ccc2[nH]1. The van der Waals surface area contributed by atoms with E-state index < -0.39 is 0 Å². The van der Waals surface area contributed by atoms with Crippen molar-refractivity contribution in [3.63, 3.8) is 0 Å². The number of aryl methyl sites for hydroxylation is 1. The molecule has 0 amide bonds. The van der Waals surface area contributed by atoms with Crippen molar-refractivity contribution in [2.45, 2.75) is 20.0 Å². The summed E-state index contributed by atoms with van der Waals surface area (Å²) >= 11 is 0. The van der Waals surface area contributed by atoms with Crippen molar-refractivity contribution in [3.05, 3.63) is 77.6 Å². The number of aromatic nitrogens is 3. The van der Waals surface area contributed by atoms with Gasteiger partial charge in [0.1, 0.15) is 11.3 Å². The summed E-state index contributed by atoms with van der Waals surface area (Å²) in [4.78, 5) is 3.36. The standard InChI is InChI=1S/C22H20N4O/c1-14-8-17-9-15(6-7-19(17)25-14)11-23-12-18-13-24-26-22(18)21-10-16-4-2-3-5-20(16)27-21/h2-10,13,23,25H,11-12H2,1H3,(H,24,26). The molecule has 3 heterocycles. The average Bonchev–Trinajstić information content (AvgIpc) is 3.37. The first kappa shape index (κ1) is 15.9. The molecule has 5 nitrogen and oxygen atoms in total. The number of hydrogen-bond acceptors (Lipinski definition) is 3. The van der Waals surface area contributed by atoms with E-state index in [9.17, 15) is 0 Å². The Balaban J connectivity index is 1.32. The molecule has 0 atom stereocenters. The van der Waals surface area contributed by atoms with Crippen LogP contribution in [0.3, 0.4) is 0 Å². The fraction of sp³-hybridized carbons (Fsp3) is 0.136. The van der Waals surface area contributed by atoms with Gasteiger partial charge in [-0.2, -0.15) is 5.10 Å². The van der Waals surface area contributed by atoms with Crippen molar-refractivity contribution in [2.75, 3.05) is 0 Å². The topological polar surface area (TPSA) is 69.6 Å². The number of nitrogens with zero attached hydrogens (tertiary/aromatic N) is 1. The molecular formula is C22H20N4O. The first-order chi connectivity index (χ1) is 13.3. The maximum absolute atomic E-state index is 5.97. The Morgan fingerprint density at radius 2 is 1.93 bits per heavy atom. The molecule has 0 saturated heterocycles. The van der Waals surface area contributed by atoms with Gasteiger partial charge in [-0.05, 0) is 48.2 Å². The molecule has 5 aromatic rings. The lowest BCUT2D eigenvalue weighted by Crippen LogP contribution is -2.12. The van der Waals surface area contributed by atoms with Crippen LogP contribution < -0.4 is 5.32 Å². The second kappa shape index (κ2) is 6.45. The Hall–Kier alpha value is -3.31. The smallest absolute Gasteiger partial charge is 0.153 e. The number of benzene rings is 2. The fourth-order valence-corrected chi connectivity index (χ4v) is 3.54. The molecule has 0 saturated carbocycles. The van der Waals surface area contributed by atoms with Gasteiger partial charge in [0.15, 0.2) is 5.76 Å². The number of nitrogens with one attached hydrogen (secondary N) is 3. The largest absolute Gasteiger partial charge is 0.454 e. The zero-order valence-corrected chi connectivity index (χ0v) is 15.0. The van der Waals surface area contributed by atoms with Crippen molar-refractivity contribution in [1.29, 1.82) is 0 Å². The first-order valence-electron chi connectivity index (χ1n) is 9.06. The van der Waals surface area contributed by atoms with Crippen molar-refractivity contribution in [3.8, 4) is 11.5 Å². The molecule has 0 aliphatic rings. The minimum absolute atomic E-state index is 0.715. The van der Waals surface area contributed by atoms with Crippen molar-refractivity contribution in [1.82, 2.24) is 20.5 Å². The summed E-state index contributed by atoms with van der Waals surface area (Å²) in [5, 5.41) is 13.1. The molecule has 0 fully saturated rings. The highest BCUT2D eigenvalue weighted by molar-refractivity contribution is 5.82. The molecule has 27 heavy (non-hydrogen) atoms. The molecule has 5 rings (SSSR count). The van der Waals surface area contributed by atoms with E-state index in [1.54, 1.807) is 0 Å². The monoisotopic (exact) mass is 356 g/mol. The minimum Gasteiger partial charge on any atom is -0.454 e. The van der Waals surface area contributed by atoms with Crippen LogP contribution in [0.5, 0.6) is 0 Å². The Morgan fingerprint density at radius 3 is 2.85 bits per heavy atom. The Kier molecular flexibility index (Phi) is 3.80. The second-order valence-electron chi connectivity index (χ2n) is 6.90. The zero-order chi connectivity index (χ0) is 18.2. The second-order valence-corrected chi connectivity index (χ2v) is 6.90. The number of fused-ring (bicyclic) bond motifs is 2. The van der Waals surface area contributed by atoms with E-state index in [1.165, 1.54) is 22.2 Å². The van der Waals surface area contributed by atoms with E-state index in [0.29, 0.717) is 6.54 Å². The molecular weight excluding hydrogens is 336 g/mol. The zero-order valence-electron chi connectivity index (χ0n) is 15.0. The summed E-state index contributed by atoms with van der Waals surface area (Å²) < 4.78 is 5.97. The molecule has 2 aromatic carbocycles. The normalized spacial score (nSPS) is 11.6. The van der Waals surface area contributed by atoms with Crippen LogP contribution in [0.1, 0.15) is 16.8 Å². The maximum atomic E-state index is 5.97. The summed E-state index contributed by atoms with van der Waals surface area (Å²) in [5.74, 6) is 0.815. The van der Waals surface area contributed by atoms with Gasteiger partial charge in [-0.15, -0.1) is 0 Å². The Bertz CT molecular complexity index is 1190. The van der Waals surface area contributed by atoms with Crippen LogP contribution in [-0.4, -0.2) is 15.2 Å². The van der Waals surface area contributed by atoms with Gasteiger partial charge in [0, 0.05) is 35.2 Å². The van der Waals surface area contributed by atoms with E-state index >= 15 is 0 Å². The molecule has 134 valence electrons. The van der Waals surface area contributed by atoms with E-state index in [4.69, 9.17) is 4.42 Å². The minimum atomic E-state index is 0.715. The van der Waals surface area contributed by atoms with E-state index in [0.717, 1.165) is 34.5 Å². The molecule has 0 aliphatic heterocycles. The molecule has 5 heteroatoms. The average molecular weight is 356 g/mol. The van der Waals surface area contributed by atoms with Crippen LogP contribution in [-0.2, 0) is 13.1 Å². The Morgan fingerprint density at radius 1 is 1.00 bits per heavy atom. The van der Waals surface area contributed by atoms with Crippen molar-refractivity contribution < 1.29 is 4.42 Å². The molecule has 3 aromatic heterocycles. The van der Waals surface area contributed by atoms with Crippen LogP contribution in [0.25, 0.3) is 33.3 Å². The molecule has 0 radical (unpaired) electrons. The predicted molar refractivity (Wildman–Crippen MR) is 107 cm³/mol. The van der Waals surface area contributed by atoms with Gasteiger partial charge in [0.25, 0.3) is 0 Å². The predicted octanol–water partition coefficient (Wildman–Crippen LogP) is 4.90. The number of rotatable bonds is 5. The van der Waals surface area contributed by atoms with Gasteiger partial charge in [-0.3, -0.25) is 5.10 Å². The molecule has 0 bridgehead atoms. The highest BCUT2D eigenvalue weighted by Crippen LogP contribution is 2.28. The van der Waals surface area contributed by atoms with Crippen molar-refractivity contribution >= 4 is 21.9 Å². The summed E-state index contributed by atoms with van der Waals surface area (Å²) in [5.41, 5.74) is 6.52. The van der Waals surface area contributed by atoms with E-state index in [1.807, 2.05) is 24.4 Å². The van der Waals surface area contributed by atoms with Gasteiger partial charge in [0.05, 0.1) is 6.20 Å². The summed E-state index contributed by atoms with van der Waals surface area (Å²) in [6, 6.07) is 18.8. The Labute approximate surface area is 156 Å². The van der Waals surface area contributed by atoms with Gasteiger partial charge in [-0.1, -0.05) is 24.3 Å². The third-order valence-electron chi connectivity index (χ3n) is 4.85. The van der Waals surface area contributed by atoms with Gasteiger partial charge >= 0.3 is 0 Å². The van der Waals surface area contributed by atoms with Crippen molar-refractivity contribution in [2.24, 2.45) is 0 Å². The highest BCUT2D eigenvalue weighted by Gasteiger charge is 2.12. The third-order valence-corrected chi connectivity index (χ3v) is 4.85. The highest BCUT2D eigenvalue weighted by atomic mass is 16.3. The number of H-pyrrole nitrogens is 2. The third kappa shape index (κ3) is 3.02. The lowest BCUT2D eigenvalue weighted by atomic mass is 10.1. The van der Waals surface area contributed by atoms with Gasteiger partial charge in [-0.25, -0.2) is 0 Å². The van der Waals surface area contributed by atoms with Crippen LogP contribution in [0.15, 0.2) is 65.2 Å². The summed E-state index contributed by atoms with van der Waals surface area (Å²) in [6.45, 7) is 3.59. The number of furan rings is 1. The van der Waals surface area contributed by atoms with Crippen LogP contribution >= 0.6 is 0 Å². The van der Waals surface area contributed by atoms with Gasteiger partial charge in [0.2, 0.25) is 0 Å². The molecule has 0 aliphatic carbocycles. The lowest BCUT2D eigenvalue weighted by Gasteiger charge is -2.05. The van der Waals surface area contributed by atoms with Crippen LogP contribution in [0, 0.1) is 6.92 Å². The number of para-hydroxylation sites is 1. The number of hydrogen-bond donors (Lipinski definition) is 3.